The second kappa shape index (κ2) is 6.31. The summed E-state index contributed by atoms with van der Waals surface area (Å²) in [7, 11) is 2.14. The molecule has 1 aliphatic heterocycles. The fourth-order valence-electron chi connectivity index (χ4n) is 4.44. The molecule has 1 fully saturated rings. The molecular formula is C21H24N6O. The summed E-state index contributed by atoms with van der Waals surface area (Å²) in [5.41, 5.74) is 7.14. The van der Waals surface area contributed by atoms with Crippen LogP contribution in [0.25, 0.3) is 27.8 Å². The quantitative estimate of drug-likeness (QED) is 0.584. The number of H-pyrrole nitrogens is 1. The number of imidazole rings is 1. The molecule has 0 saturated carbocycles. The Hall–Kier alpha value is -2.93. The molecule has 4 aromatic rings. The summed E-state index contributed by atoms with van der Waals surface area (Å²) in [6, 6.07) is 6.62. The number of aromatic nitrogens is 5. The van der Waals surface area contributed by atoms with Gasteiger partial charge in [-0.25, -0.2) is 14.3 Å². The van der Waals surface area contributed by atoms with Gasteiger partial charge in [-0.15, -0.1) is 0 Å². The second-order valence-corrected chi connectivity index (χ2v) is 7.96. The number of hydrogen-bond donors (Lipinski definition) is 1. The van der Waals surface area contributed by atoms with Crippen LogP contribution in [0, 0.1) is 13.8 Å². The van der Waals surface area contributed by atoms with Gasteiger partial charge in [0.1, 0.15) is 6.33 Å². The molecule has 1 saturated heterocycles. The van der Waals surface area contributed by atoms with E-state index < -0.39 is 0 Å². The Bertz CT molecular complexity index is 1240. The van der Waals surface area contributed by atoms with Crippen LogP contribution in [0.15, 0.2) is 35.5 Å². The number of likely N-dealkylation sites (tertiary alicyclic amines) is 1. The molecule has 7 nitrogen and oxygen atoms in total. The lowest BCUT2D eigenvalue weighted by atomic mass is 9.99. The van der Waals surface area contributed by atoms with Gasteiger partial charge in [0.25, 0.3) is 0 Å². The molecule has 5 rings (SSSR count). The summed E-state index contributed by atoms with van der Waals surface area (Å²) >= 11 is 0. The van der Waals surface area contributed by atoms with E-state index in [0.717, 1.165) is 64.9 Å². The molecule has 144 valence electrons. The van der Waals surface area contributed by atoms with Gasteiger partial charge in [-0.1, -0.05) is 0 Å². The smallest absolute Gasteiger partial charge is 0.306 e. The molecular weight excluding hydrogens is 352 g/mol. The molecule has 0 amide bonds. The topological polar surface area (TPSA) is 71.2 Å². The van der Waals surface area contributed by atoms with Crippen LogP contribution in [-0.2, 0) is 0 Å². The van der Waals surface area contributed by atoms with E-state index in [2.05, 4.69) is 52.1 Å². The zero-order valence-electron chi connectivity index (χ0n) is 16.4. The predicted molar refractivity (Wildman–Crippen MR) is 110 cm³/mol. The Morgan fingerprint density at radius 2 is 1.89 bits per heavy atom. The van der Waals surface area contributed by atoms with Crippen molar-refractivity contribution in [1.82, 2.24) is 29.0 Å². The highest BCUT2D eigenvalue weighted by Gasteiger charge is 2.22. The summed E-state index contributed by atoms with van der Waals surface area (Å²) in [6.45, 7) is 6.20. The van der Waals surface area contributed by atoms with Crippen molar-refractivity contribution in [3.05, 3.63) is 52.3 Å². The van der Waals surface area contributed by atoms with Crippen molar-refractivity contribution >= 4 is 16.7 Å². The van der Waals surface area contributed by atoms with Crippen molar-refractivity contribution in [2.45, 2.75) is 32.7 Å². The fraction of sp³-hybridized carbons (Fsp3) is 0.381. The first-order chi connectivity index (χ1) is 13.5. The average molecular weight is 376 g/mol. The molecule has 7 heteroatoms. The third-order valence-electron chi connectivity index (χ3n) is 5.99. The molecule has 1 N–H and O–H groups in total. The molecule has 4 heterocycles. The van der Waals surface area contributed by atoms with Gasteiger partial charge in [0.05, 0.1) is 11.0 Å². The zero-order valence-corrected chi connectivity index (χ0v) is 16.4. The van der Waals surface area contributed by atoms with Crippen LogP contribution in [0.5, 0.6) is 0 Å². The highest BCUT2D eigenvalue weighted by atomic mass is 16.1. The average Bonchev–Trinajstić information content (AvgIpc) is 3.26. The van der Waals surface area contributed by atoms with E-state index in [-0.39, 0.29) is 11.7 Å². The molecule has 0 unspecified atom stereocenters. The number of nitrogens with zero attached hydrogens (tertiary/aromatic N) is 5. The minimum absolute atomic E-state index is 0.0102. The van der Waals surface area contributed by atoms with E-state index in [0.29, 0.717) is 0 Å². The largest absolute Gasteiger partial charge is 0.326 e. The molecule has 0 radical (unpaired) electrons. The van der Waals surface area contributed by atoms with Gasteiger partial charge in [-0.05, 0) is 81.7 Å². The van der Waals surface area contributed by atoms with E-state index in [4.69, 9.17) is 0 Å². The van der Waals surface area contributed by atoms with Gasteiger partial charge in [0.2, 0.25) is 0 Å². The summed E-state index contributed by atoms with van der Waals surface area (Å²) in [5.74, 6) is 0. The third-order valence-corrected chi connectivity index (χ3v) is 5.99. The number of hydrogen-bond acceptors (Lipinski definition) is 4. The maximum atomic E-state index is 12.7. The molecule has 1 aromatic carbocycles. The zero-order chi connectivity index (χ0) is 19.4. The van der Waals surface area contributed by atoms with Crippen molar-refractivity contribution in [3.8, 4) is 11.1 Å². The van der Waals surface area contributed by atoms with Crippen molar-refractivity contribution in [3.63, 3.8) is 0 Å². The first kappa shape index (κ1) is 17.2. The van der Waals surface area contributed by atoms with E-state index >= 15 is 0 Å². The minimum Gasteiger partial charge on any atom is -0.306 e. The van der Waals surface area contributed by atoms with Gasteiger partial charge < -0.3 is 9.88 Å². The molecule has 0 spiro atoms. The van der Waals surface area contributed by atoms with Crippen LogP contribution in [0.1, 0.15) is 30.0 Å². The highest BCUT2D eigenvalue weighted by Crippen LogP contribution is 2.31. The number of pyridine rings is 1. The van der Waals surface area contributed by atoms with Crippen LogP contribution in [-0.4, -0.2) is 49.2 Å². The molecule has 0 bridgehead atoms. The SMILES string of the molecule is Cc1cc2c(cc1-c1cc(C)c3ncnn3c1)[nH]c(=O)n2C1CCN(C)CC1. The number of benzene rings is 1. The first-order valence-electron chi connectivity index (χ1n) is 9.75. The molecule has 3 aromatic heterocycles. The van der Waals surface area contributed by atoms with Gasteiger partial charge in [-0.3, -0.25) is 4.57 Å². The first-order valence-corrected chi connectivity index (χ1v) is 9.75. The molecule has 28 heavy (non-hydrogen) atoms. The Morgan fingerprint density at radius 1 is 1.11 bits per heavy atom. The number of piperidine rings is 1. The maximum Gasteiger partial charge on any atom is 0.326 e. The van der Waals surface area contributed by atoms with Crippen LogP contribution >= 0.6 is 0 Å². The number of aromatic amines is 1. The number of nitrogens with one attached hydrogen (secondary N) is 1. The van der Waals surface area contributed by atoms with Gasteiger partial charge in [-0.2, -0.15) is 5.10 Å². The third kappa shape index (κ3) is 2.65. The van der Waals surface area contributed by atoms with Crippen molar-refractivity contribution < 1.29 is 0 Å². The van der Waals surface area contributed by atoms with Crippen LogP contribution in [0.4, 0.5) is 0 Å². The van der Waals surface area contributed by atoms with Crippen molar-refractivity contribution in [2.24, 2.45) is 0 Å². The number of rotatable bonds is 2. The molecule has 1 aliphatic rings. The maximum absolute atomic E-state index is 12.7. The number of aryl methyl sites for hydroxylation is 2. The molecule has 0 atom stereocenters. The predicted octanol–water partition coefficient (Wildman–Crippen LogP) is 2.92. The number of fused-ring (bicyclic) bond motifs is 2. The lowest BCUT2D eigenvalue weighted by molar-refractivity contribution is 0.221. The van der Waals surface area contributed by atoms with Gasteiger partial charge >= 0.3 is 5.69 Å². The van der Waals surface area contributed by atoms with Gasteiger partial charge in [0, 0.05) is 17.8 Å². The summed E-state index contributed by atoms with van der Waals surface area (Å²) < 4.78 is 3.77. The lowest BCUT2D eigenvalue weighted by Gasteiger charge is -2.29. The van der Waals surface area contributed by atoms with Crippen LogP contribution < -0.4 is 5.69 Å². The van der Waals surface area contributed by atoms with Crippen LogP contribution in [0.3, 0.4) is 0 Å². The minimum atomic E-state index is -0.0102. The standard InChI is InChI=1S/C21H24N6O/c1-13-9-19-18(24-21(28)27(19)16-4-6-25(3)7-5-16)10-17(13)15-8-14(2)20-22-12-23-26(20)11-15/h8-12,16H,4-7H2,1-3H3,(H,24,28). The normalized spacial score (nSPS) is 16.4. The van der Waals surface area contributed by atoms with E-state index in [1.807, 2.05) is 17.7 Å². The second-order valence-electron chi connectivity index (χ2n) is 7.96. The highest BCUT2D eigenvalue weighted by molar-refractivity contribution is 5.84. The monoisotopic (exact) mass is 376 g/mol. The Balaban J connectivity index is 1.64. The lowest BCUT2D eigenvalue weighted by Crippen LogP contribution is -2.34. The fourth-order valence-corrected chi connectivity index (χ4v) is 4.44. The van der Waals surface area contributed by atoms with Crippen LogP contribution in [0.2, 0.25) is 0 Å². The van der Waals surface area contributed by atoms with Gasteiger partial charge in [0.15, 0.2) is 5.65 Å². The summed E-state index contributed by atoms with van der Waals surface area (Å²) in [4.78, 5) is 22.4. The molecule has 0 aliphatic carbocycles. The van der Waals surface area contributed by atoms with Crippen molar-refractivity contribution in [2.75, 3.05) is 20.1 Å². The Kier molecular flexibility index (Phi) is 3.87. The van der Waals surface area contributed by atoms with Crippen molar-refractivity contribution in [1.29, 1.82) is 0 Å². The Labute approximate surface area is 162 Å². The summed E-state index contributed by atoms with van der Waals surface area (Å²) in [5, 5.41) is 4.28. The van der Waals surface area contributed by atoms with E-state index in [9.17, 15) is 4.79 Å². The Morgan fingerprint density at radius 3 is 2.68 bits per heavy atom. The van der Waals surface area contributed by atoms with E-state index in [1.165, 1.54) is 0 Å². The van der Waals surface area contributed by atoms with E-state index in [1.54, 1.807) is 10.8 Å². The summed E-state index contributed by atoms with van der Waals surface area (Å²) in [6.07, 6.45) is 5.58.